The first kappa shape index (κ1) is 13.4. The first-order chi connectivity index (χ1) is 9.47. The number of sulfonamides is 1. The molecule has 1 aliphatic heterocycles. The van der Waals surface area contributed by atoms with Crippen LogP contribution in [0.5, 0.6) is 0 Å². The Kier molecular flexibility index (Phi) is 3.21. The van der Waals surface area contributed by atoms with Crippen LogP contribution in [0.15, 0.2) is 12.4 Å². The van der Waals surface area contributed by atoms with Crippen molar-refractivity contribution in [3.8, 4) is 0 Å². The maximum atomic E-state index is 11.7. The molecule has 0 aromatic carbocycles. The van der Waals surface area contributed by atoms with Crippen LogP contribution < -0.4 is 0 Å². The van der Waals surface area contributed by atoms with Crippen LogP contribution in [0.1, 0.15) is 24.5 Å². The highest BCUT2D eigenvalue weighted by atomic mass is 32.2. The van der Waals surface area contributed by atoms with Gasteiger partial charge in [-0.25, -0.2) is 27.4 Å². The molecule has 2 aromatic rings. The summed E-state index contributed by atoms with van der Waals surface area (Å²) in [5, 5.41) is 4.50. The van der Waals surface area contributed by atoms with E-state index in [-0.39, 0.29) is 5.92 Å². The van der Waals surface area contributed by atoms with Crippen LogP contribution in [-0.4, -0.2) is 51.8 Å². The summed E-state index contributed by atoms with van der Waals surface area (Å²) in [6, 6.07) is 0. The zero-order valence-electron chi connectivity index (χ0n) is 11.5. The molecule has 7 nitrogen and oxygen atoms in total. The Morgan fingerprint density at radius 2 is 2.05 bits per heavy atom. The van der Waals surface area contributed by atoms with Crippen LogP contribution in [-0.2, 0) is 17.1 Å². The molecular formula is C12H17N5O2S. The minimum absolute atomic E-state index is 0.0823. The zero-order chi connectivity index (χ0) is 14.3. The van der Waals surface area contributed by atoms with E-state index in [1.807, 2.05) is 7.05 Å². The molecule has 0 unspecified atom stereocenters. The lowest BCUT2D eigenvalue weighted by Gasteiger charge is -2.29. The van der Waals surface area contributed by atoms with Gasteiger partial charge in [-0.2, -0.15) is 5.10 Å². The Morgan fingerprint density at radius 1 is 1.30 bits per heavy atom. The van der Waals surface area contributed by atoms with E-state index in [9.17, 15) is 8.42 Å². The molecule has 0 amide bonds. The molecule has 108 valence electrons. The molecule has 1 atom stereocenters. The number of rotatable bonds is 2. The van der Waals surface area contributed by atoms with Crippen molar-refractivity contribution >= 4 is 21.2 Å². The fourth-order valence-corrected chi connectivity index (χ4v) is 3.66. The average Bonchev–Trinajstić information content (AvgIpc) is 2.76. The Hall–Kier alpha value is -1.54. The average molecular weight is 295 g/mol. The van der Waals surface area contributed by atoms with Crippen molar-refractivity contribution < 1.29 is 8.42 Å². The molecular weight excluding hydrogens is 278 g/mol. The van der Waals surface area contributed by atoms with Crippen molar-refractivity contribution in [1.82, 2.24) is 24.1 Å². The van der Waals surface area contributed by atoms with Gasteiger partial charge in [0.25, 0.3) is 0 Å². The maximum Gasteiger partial charge on any atom is 0.211 e. The number of aromatic nitrogens is 4. The lowest BCUT2D eigenvalue weighted by Crippen LogP contribution is -2.38. The second-order valence-electron chi connectivity index (χ2n) is 5.20. The highest BCUT2D eigenvalue weighted by molar-refractivity contribution is 7.88. The molecule has 0 N–H and O–H groups in total. The van der Waals surface area contributed by atoms with E-state index in [0.29, 0.717) is 13.1 Å². The summed E-state index contributed by atoms with van der Waals surface area (Å²) in [4.78, 5) is 8.62. The Morgan fingerprint density at radius 3 is 2.80 bits per heavy atom. The second-order valence-corrected chi connectivity index (χ2v) is 7.18. The van der Waals surface area contributed by atoms with Gasteiger partial charge in [0.2, 0.25) is 10.0 Å². The molecule has 2 aromatic heterocycles. The smallest absolute Gasteiger partial charge is 0.211 e. The number of nitrogens with zero attached hydrogens (tertiary/aromatic N) is 5. The number of piperidine rings is 1. The highest BCUT2D eigenvalue weighted by Crippen LogP contribution is 2.30. The van der Waals surface area contributed by atoms with Crippen molar-refractivity contribution in [1.29, 1.82) is 0 Å². The van der Waals surface area contributed by atoms with Crippen LogP contribution in [0.3, 0.4) is 0 Å². The van der Waals surface area contributed by atoms with Crippen molar-refractivity contribution in [3.05, 3.63) is 18.1 Å². The van der Waals surface area contributed by atoms with Gasteiger partial charge in [-0.15, -0.1) is 0 Å². The molecule has 20 heavy (non-hydrogen) atoms. The molecule has 0 bridgehead atoms. The lowest BCUT2D eigenvalue weighted by atomic mass is 9.96. The van der Waals surface area contributed by atoms with Gasteiger partial charge in [-0.1, -0.05) is 0 Å². The predicted molar refractivity (Wildman–Crippen MR) is 74.7 cm³/mol. The van der Waals surface area contributed by atoms with Gasteiger partial charge in [0.1, 0.15) is 5.52 Å². The van der Waals surface area contributed by atoms with Crippen molar-refractivity contribution in [3.63, 3.8) is 0 Å². The number of fused-ring (bicyclic) bond motifs is 1. The van der Waals surface area contributed by atoms with Crippen LogP contribution in [0, 0.1) is 0 Å². The third-order valence-electron chi connectivity index (χ3n) is 3.73. The summed E-state index contributed by atoms with van der Waals surface area (Å²) in [7, 11) is -1.32. The van der Waals surface area contributed by atoms with Gasteiger partial charge >= 0.3 is 0 Å². The molecule has 3 rings (SSSR count). The number of aryl methyl sites for hydroxylation is 1. The van der Waals surface area contributed by atoms with Crippen molar-refractivity contribution in [2.24, 2.45) is 7.05 Å². The molecule has 1 fully saturated rings. The minimum Gasteiger partial charge on any atom is -0.249 e. The van der Waals surface area contributed by atoms with E-state index < -0.39 is 10.0 Å². The molecule has 0 spiro atoms. The zero-order valence-corrected chi connectivity index (χ0v) is 12.3. The van der Waals surface area contributed by atoms with Crippen LogP contribution >= 0.6 is 0 Å². The van der Waals surface area contributed by atoms with Crippen molar-refractivity contribution in [2.75, 3.05) is 19.3 Å². The van der Waals surface area contributed by atoms with E-state index in [0.717, 1.165) is 29.7 Å². The van der Waals surface area contributed by atoms with Gasteiger partial charge in [0.05, 0.1) is 11.9 Å². The second kappa shape index (κ2) is 4.78. The predicted octanol–water partition coefficient (Wildman–Crippen LogP) is 0.502. The molecule has 0 aliphatic carbocycles. The summed E-state index contributed by atoms with van der Waals surface area (Å²) in [5.74, 6) is 0.0823. The standard InChI is InChI=1S/C12H17N5O2S/c1-16-12-11(13-5-6-14-12)10(15-16)9-4-3-7-17(8-9)20(2,18)19/h5-6,9H,3-4,7-8H2,1-2H3/t9-/m1/s1. The third-order valence-corrected chi connectivity index (χ3v) is 5.00. The molecule has 0 radical (unpaired) electrons. The summed E-state index contributed by atoms with van der Waals surface area (Å²) in [6.07, 6.45) is 6.30. The fraction of sp³-hybridized carbons (Fsp3) is 0.583. The molecule has 1 saturated heterocycles. The molecule has 1 aliphatic rings. The van der Waals surface area contributed by atoms with E-state index in [1.165, 1.54) is 10.6 Å². The summed E-state index contributed by atoms with van der Waals surface area (Å²) >= 11 is 0. The van der Waals surface area contributed by atoms with Crippen LogP contribution in [0.4, 0.5) is 0 Å². The van der Waals surface area contributed by atoms with Gasteiger partial charge < -0.3 is 0 Å². The maximum absolute atomic E-state index is 11.7. The first-order valence-corrected chi connectivity index (χ1v) is 8.40. The minimum atomic E-state index is -3.15. The van der Waals surface area contributed by atoms with Crippen LogP contribution in [0.25, 0.3) is 11.2 Å². The van der Waals surface area contributed by atoms with Crippen molar-refractivity contribution in [2.45, 2.75) is 18.8 Å². The third kappa shape index (κ3) is 2.29. The van der Waals surface area contributed by atoms with E-state index in [2.05, 4.69) is 15.1 Å². The quantitative estimate of drug-likeness (QED) is 0.806. The highest BCUT2D eigenvalue weighted by Gasteiger charge is 2.30. The first-order valence-electron chi connectivity index (χ1n) is 6.55. The Bertz CT molecular complexity index is 739. The normalized spacial score (nSPS) is 21.4. The van der Waals surface area contributed by atoms with Gasteiger partial charge in [0.15, 0.2) is 5.65 Å². The molecule has 3 heterocycles. The summed E-state index contributed by atoms with van der Waals surface area (Å²) in [6.45, 7) is 1.06. The lowest BCUT2D eigenvalue weighted by molar-refractivity contribution is 0.314. The van der Waals surface area contributed by atoms with Gasteiger partial charge in [0, 0.05) is 38.4 Å². The van der Waals surface area contributed by atoms with E-state index >= 15 is 0 Å². The monoisotopic (exact) mass is 295 g/mol. The Labute approximate surface area is 117 Å². The van der Waals surface area contributed by atoms with E-state index in [1.54, 1.807) is 17.1 Å². The number of hydrogen-bond donors (Lipinski definition) is 0. The van der Waals surface area contributed by atoms with Crippen LogP contribution in [0.2, 0.25) is 0 Å². The summed E-state index contributed by atoms with van der Waals surface area (Å²) in [5.41, 5.74) is 2.36. The SMILES string of the molecule is Cn1nc([C@@H]2CCCN(S(C)(=O)=O)C2)c2nccnc21. The largest absolute Gasteiger partial charge is 0.249 e. The van der Waals surface area contributed by atoms with Gasteiger partial charge in [-0.05, 0) is 12.8 Å². The van der Waals surface area contributed by atoms with Gasteiger partial charge in [-0.3, -0.25) is 0 Å². The molecule has 0 saturated carbocycles. The molecule has 8 heteroatoms. The Balaban J connectivity index is 1.99. The van der Waals surface area contributed by atoms with E-state index in [4.69, 9.17) is 0 Å². The fourth-order valence-electron chi connectivity index (χ4n) is 2.75. The number of hydrogen-bond acceptors (Lipinski definition) is 5. The topological polar surface area (TPSA) is 81.0 Å². The summed E-state index contributed by atoms with van der Waals surface area (Å²) < 4.78 is 26.6.